The van der Waals surface area contributed by atoms with Crippen molar-refractivity contribution in [3.05, 3.63) is 59.7 Å². The topological polar surface area (TPSA) is 119 Å². The second-order valence-corrected chi connectivity index (χ2v) is 11.7. The molecule has 3 aliphatic rings. The average molecular weight is 573 g/mol. The minimum absolute atomic E-state index is 0.0434. The lowest BCUT2D eigenvalue weighted by atomic mass is 9.83. The van der Waals surface area contributed by atoms with E-state index in [0.717, 1.165) is 62.6 Å². The van der Waals surface area contributed by atoms with Crippen molar-refractivity contribution in [2.45, 2.75) is 77.0 Å². The first-order valence-electron chi connectivity index (χ1n) is 15.3. The predicted molar refractivity (Wildman–Crippen MR) is 162 cm³/mol. The number of nitrogens with one attached hydrogen (secondary N) is 1. The molecule has 0 saturated heterocycles. The molecule has 1 heterocycles. The van der Waals surface area contributed by atoms with Gasteiger partial charge in [0.05, 0.1) is 23.9 Å². The summed E-state index contributed by atoms with van der Waals surface area (Å²) < 4.78 is 0. The Labute approximate surface area is 247 Å². The number of amides is 3. The Morgan fingerprint density at radius 3 is 2.38 bits per heavy atom. The zero-order valence-electron chi connectivity index (χ0n) is 24.3. The van der Waals surface area contributed by atoms with Crippen molar-refractivity contribution in [2.24, 2.45) is 16.9 Å². The molecule has 2 saturated carbocycles. The summed E-state index contributed by atoms with van der Waals surface area (Å²) in [7, 11) is 0. The lowest BCUT2D eigenvalue weighted by Gasteiger charge is -2.26. The van der Waals surface area contributed by atoms with E-state index in [2.05, 4.69) is 5.32 Å². The number of nitrogens with zero attached hydrogens (tertiary/aromatic N) is 3. The molecule has 0 aromatic heterocycles. The number of hydrogen-bond donors (Lipinski definition) is 2. The molecule has 0 radical (unpaired) electrons. The number of benzene rings is 2. The van der Waals surface area contributed by atoms with Gasteiger partial charge in [-0.2, -0.15) is 5.10 Å². The molecule has 3 amide bonds. The number of rotatable bonds is 10. The number of hydrazone groups is 1. The minimum Gasteiger partial charge on any atom is -0.481 e. The highest BCUT2D eigenvalue weighted by Crippen LogP contribution is 2.35. The van der Waals surface area contributed by atoms with Crippen molar-refractivity contribution < 1.29 is 24.3 Å². The zero-order chi connectivity index (χ0) is 29.6. The smallest absolute Gasteiger partial charge is 0.345 e. The van der Waals surface area contributed by atoms with Gasteiger partial charge in [-0.15, -0.1) is 0 Å². The van der Waals surface area contributed by atoms with E-state index in [1.807, 2.05) is 24.3 Å². The number of carboxylic acids is 1. The first kappa shape index (κ1) is 29.5. The second kappa shape index (κ2) is 13.3. The van der Waals surface area contributed by atoms with Crippen LogP contribution in [0.1, 0.15) is 88.2 Å². The van der Waals surface area contributed by atoms with Gasteiger partial charge in [0.25, 0.3) is 0 Å². The third-order valence-corrected chi connectivity index (χ3v) is 8.84. The number of urea groups is 1. The van der Waals surface area contributed by atoms with E-state index in [1.165, 1.54) is 16.3 Å². The fourth-order valence-corrected chi connectivity index (χ4v) is 6.58. The van der Waals surface area contributed by atoms with Crippen molar-refractivity contribution in [3.8, 4) is 0 Å². The molecule has 1 aliphatic heterocycles. The lowest BCUT2D eigenvalue weighted by molar-refractivity contribution is -0.138. The Morgan fingerprint density at radius 1 is 0.952 bits per heavy atom. The minimum atomic E-state index is -0.924. The number of carbonyl (C=O) groups excluding carboxylic acids is 3. The highest BCUT2D eigenvalue weighted by Gasteiger charge is 2.36. The number of hydrogen-bond acceptors (Lipinski definition) is 5. The van der Waals surface area contributed by atoms with Crippen molar-refractivity contribution >= 4 is 40.8 Å². The normalized spacial score (nSPS) is 18.7. The first-order chi connectivity index (χ1) is 20.4. The van der Waals surface area contributed by atoms with Crippen LogP contribution in [-0.2, 0) is 14.4 Å². The summed E-state index contributed by atoms with van der Waals surface area (Å²) >= 11 is 0. The molecular weight excluding hydrogens is 532 g/mol. The Morgan fingerprint density at radius 2 is 1.67 bits per heavy atom. The van der Waals surface area contributed by atoms with Gasteiger partial charge < -0.3 is 10.4 Å². The summed E-state index contributed by atoms with van der Waals surface area (Å²) in [6, 6.07) is 13.9. The molecule has 9 heteroatoms. The Balaban J connectivity index is 1.44. The summed E-state index contributed by atoms with van der Waals surface area (Å²) in [5, 5.41) is 18.4. The van der Waals surface area contributed by atoms with Crippen LogP contribution in [0.4, 0.5) is 16.2 Å². The van der Waals surface area contributed by atoms with Gasteiger partial charge in [-0.3, -0.25) is 19.3 Å². The van der Waals surface area contributed by atoms with Crippen molar-refractivity contribution in [3.63, 3.8) is 0 Å². The van der Waals surface area contributed by atoms with Crippen LogP contribution in [-0.4, -0.2) is 52.6 Å². The third-order valence-electron chi connectivity index (χ3n) is 8.84. The van der Waals surface area contributed by atoms with Crippen LogP contribution in [0.3, 0.4) is 0 Å². The lowest BCUT2D eigenvalue weighted by Crippen LogP contribution is -2.46. The standard InChI is InChI=1S/C33H40N4O5/c1-2-26(32(40)41)24-15-10-16-25(19-24)34-30(39)21-37-33(42)36(20-29(38)22-11-6-7-12-22)28-18-9-8-17-27(28)31(35-37)23-13-4-3-5-14-23/h8-10,15-19,22-23,26H,2-7,11-14,20-21H2,1H3,(H,34,39)(H,40,41). The first-order valence-corrected chi connectivity index (χ1v) is 15.3. The van der Waals surface area contributed by atoms with E-state index in [-0.39, 0.29) is 30.7 Å². The number of para-hydroxylation sites is 1. The largest absolute Gasteiger partial charge is 0.481 e. The van der Waals surface area contributed by atoms with E-state index in [1.54, 1.807) is 31.2 Å². The van der Waals surface area contributed by atoms with Gasteiger partial charge in [-0.1, -0.05) is 69.4 Å². The number of anilines is 2. The zero-order valence-corrected chi connectivity index (χ0v) is 24.3. The molecule has 222 valence electrons. The highest BCUT2D eigenvalue weighted by molar-refractivity contribution is 6.13. The number of aliphatic carboxylic acids is 1. The summed E-state index contributed by atoms with van der Waals surface area (Å²) in [6.07, 6.45) is 9.39. The van der Waals surface area contributed by atoms with Gasteiger partial charge in [0.15, 0.2) is 5.78 Å². The van der Waals surface area contributed by atoms with Gasteiger partial charge in [-0.25, -0.2) is 9.80 Å². The molecule has 9 nitrogen and oxygen atoms in total. The van der Waals surface area contributed by atoms with Gasteiger partial charge in [0.1, 0.15) is 6.54 Å². The van der Waals surface area contributed by atoms with Gasteiger partial charge >= 0.3 is 12.0 Å². The number of carbonyl (C=O) groups is 4. The molecular formula is C33H40N4O5. The maximum Gasteiger partial charge on any atom is 0.345 e. The van der Waals surface area contributed by atoms with Crippen LogP contribution < -0.4 is 10.2 Å². The van der Waals surface area contributed by atoms with E-state index < -0.39 is 23.8 Å². The molecule has 2 aromatic carbocycles. The van der Waals surface area contributed by atoms with Crippen LogP contribution in [0, 0.1) is 11.8 Å². The summed E-state index contributed by atoms with van der Waals surface area (Å²) in [4.78, 5) is 53.9. The molecule has 5 rings (SSSR count). The van der Waals surface area contributed by atoms with Gasteiger partial charge in [0.2, 0.25) is 5.91 Å². The molecule has 2 fully saturated rings. The molecule has 1 atom stereocenters. The summed E-state index contributed by atoms with van der Waals surface area (Å²) in [5.74, 6) is -1.91. The van der Waals surface area contributed by atoms with Crippen LogP contribution in [0.2, 0.25) is 0 Å². The third kappa shape index (κ3) is 6.55. The highest BCUT2D eigenvalue weighted by atomic mass is 16.4. The quantitative estimate of drug-likeness (QED) is 0.352. The van der Waals surface area contributed by atoms with Crippen molar-refractivity contribution in [2.75, 3.05) is 23.3 Å². The monoisotopic (exact) mass is 572 g/mol. The number of fused-ring (bicyclic) bond motifs is 1. The van der Waals surface area contributed by atoms with Crippen molar-refractivity contribution in [1.29, 1.82) is 0 Å². The molecule has 2 aromatic rings. The van der Waals surface area contributed by atoms with E-state index >= 15 is 0 Å². The number of Topliss-reactive ketones (excluding diaryl/α,β-unsaturated/α-hetero) is 1. The fourth-order valence-electron chi connectivity index (χ4n) is 6.58. The maximum atomic E-state index is 14.1. The van der Waals surface area contributed by atoms with Gasteiger partial charge in [-0.05, 0) is 55.9 Å². The van der Waals surface area contributed by atoms with E-state index in [9.17, 15) is 24.3 Å². The van der Waals surface area contributed by atoms with Crippen LogP contribution in [0.25, 0.3) is 0 Å². The van der Waals surface area contributed by atoms with Gasteiger partial charge in [0, 0.05) is 23.1 Å². The Hall–Kier alpha value is -4.01. The Kier molecular flexibility index (Phi) is 9.35. The fraction of sp³-hybridized carbons (Fsp3) is 0.485. The molecule has 2 aliphatic carbocycles. The van der Waals surface area contributed by atoms with Crippen LogP contribution in [0.15, 0.2) is 53.6 Å². The Bertz CT molecular complexity index is 1360. The molecule has 0 bridgehead atoms. The van der Waals surface area contributed by atoms with Crippen molar-refractivity contribution in [1.82, 2.24) is 5.01 Å². The summed E-state index contributed by atoms with van der Waals surface area (Å²) in [6.45, 7) is 1.41. The molecule has 42 heavy (non-hydrogen) atoms. The van der Waals surface area contributed by atoms with E-state index in [4.69, 9.17) is 5.10 Å². The van der Waals surface area contributed by atoms with E-state index in [0.29, 0.717) is 23.4 Å². The van der Waals surface area contributed by atoms with Crippen LogP contribution >= 0.6 is 0 Å². The SMILES string of the molecule is CCC(C(=O)O)c1cccc(NC(=O)CN2N=C(C3CCCCC3)c3ccccc3N(CC(=O)C3CCCC3)C2=O)c1. The molecule has 1 unspecified atom stereocenters. The maximum absolute atomic E-state index is 14.1. The number of ketones is 1. The summed E-state index contributed by atoms with van der Waals surface area (Å²) in [5.41, 5.74) is 3.34. The number of carboxylic acid groups (broad SMARTS) is 1. The molecule has 0 spiro atoms. The molecule has 2 N–H and O–H groups in total. The second-order valence-electron chi connectivity index (χ2n) is 11.7. The predicted octanol–water partition coefficient (Wildman–Crippen LogP) is 6.19. The average Bonchev–Trinajstić information content (AvgIpc) is 3.51. The van der Waals surface area contributed by atoms with Crippen LogP contribution in [0.5, 0.6) is 0 Å².